The number of rotatable bonds is 8. The van der Waals surface area contributed by atoms with Crippen LogP contribution >= 0.6 is 0 Å². The zero-order valence-electron chi connectivity index (χ0n) is 12.9. The van der Waals surface area contributed by atoms with E-state index in [0.717, 1.165) is 0 Å². The van der Waals surface area contributed by atoms with Crippen molar-refractivity contribution in [1.82, 2.24) is 4.72 Å². The third-order valence-corrected chi connectivity index (χ3v) is 4.56. The minimum atomic E-state index is -3.51. The van der Waals surface area contributed by atoms with E-state index in [9.17, 15) is 13.2 Å². The number of carbonyl (C=O) groups is 1. The lowest BCUT2D eigenvalue weighted by Crippen LogP contribution is -2.22. The van der Waals surface area contributed by atoms with Crippen LogP contribution in [-0.4, -0.2) is 46.6 Å². The summed E-state index contributed by atoms with van der Waals surface area (Å²) in [4.78, 5) is 15.9. The molecule has 1 aromatic rings. The number of sulfonamides is 1. The number of nitrogens with zero attached hydrogens (tertiary/aromatic N) is 1. The largest absolute Gasteiger partial charge is 0.463 e. The fraction of sp³-hybridized carbons (Fsp3) is 0.467. The van der Waals surface area contributed by atoms with Crippen LogP contribution in [-0.2, 0) is 24.3 Å². The fourth-order valence-electron chi connectivity index (χ4n) is 2.10. The molecule has 2 rings (SSSR count). The van der Waals surface area contributed by atoms with Gasteiger partial charge in [-0.2, -0.15) is 0 Å². The van der Waals surface area contributed by atoms with Crippen molar-refractivity contribution in [2.75, 3.05) is 26.4 Å². The lowest BCUT2D eigenvalue weighted by atomic mass is 10.2. The molecule has 0 spiro atoms. The standard InChI is InChI=1S/C15H20N2O5S/c1-2-21-10-11-22-14(18)8-5-9-16-15-12-6-3-4-7-13(12)23(19,20)17-15/h3-4,6-7H,2,5,8-11H2,1H3,(H,16,17). The molecular formula is C15H20N2O5S. The highest BCUT2D eigenvalue weighted by Gasteiger charge is 2.29. The molecule has 1 aromatic carbocycles. The Balaban J connectivity index is 1.80. The van der Waals surface area contributed by atoms with Crippen molar-refractivity contribution in [2.24, 2.45) is 4.99 Å². The van der Waals surface area contributed by atoms with Crippen LogP contribution in [0.1, 0.15) is 25.3 Å². The molecule has 0 bridgehead atoms. The van der Waals surface area contributed by atoms with Gasteiger partial charge in [0.1, 0.15) is 12.4 Å². The van der Waals surface area contributed by atoms with Crippen LogP contribution in [0.3, 0.4) is 0 Å². The molecule has 0 radical (unpaired) electrons. The lowest BCUT2D eigenvalue weighted by molar-refractivity contribution is -0.145. The number of amidine groups is 1. The highest BCUT2D eigenvalue weighted by molar-refractivity contribution is 7.90. The number of esters is 1. The summed E-state index contributed by atoms with van der Waals surface area (Å²) >= 11 is 0. The Labute approximate surface area is 135 Å². The van der Waals surface area contributed by atoms with Gasteiger partial charge in [-0.3, -0.25) is 14.5 Å². The number of carbonyl (C=O) groups excluding carboxylic acids is 1. The third kappa shape index (κ3) is 4.77. The number of fused-ring (bicyclic) bond motifs is 1. The first-order valence-corrected chi connectivity index (χ1v) is 8.93. The zero-order chi connectivity index (χ0) is 16.7. The van der Waals surface area contributed by atoms with Gasteiger partial charge in [0.15, 0.2) is 0 Å². The van der Waals surface area contributed by atoms with E-state index in [1.54, 1.807) is 18.2 Å². The first-order chi connectivity index (χ1) is 11.0. The summed E-state index contributed by atoms with van der Waals surface area (Å²) in [5, 5.41) is 0. The average molecular weight is 340 g/mol. The molecule has 0 atom stereocenters. The fourth-order valence-corrected chi connectivity index (χ4v) is 3.35. The monoisotopic (exact) mass is 340 g/mol. The molecule has 1 aliphatic rings. The van der Waals surface area contributed by atoms with Crippen molar-refractivity contribution < 1.29 is 22.7 Å². The van der Waals surface area contributed by atoms with Gasteiger partial charge >= 0.3 is 5.97 Å². The third-order valence-electron chi connectivity index (χ3n) is 3.17. The maximum absolute atomic E-state index is 11.9. The number of hydrogen-bond acceptors (Lipinski definition) is 6. The summed E-state index contributed by atoms with van der Waals surface area (Å²) < 4.78 is 36.3. The second kappa shape index (κ2) is 8.07. The second-order valence-corrected chi connectivity index (χ2v) is 6.50. The van der Waals surface area contributed by atoms with Crippen molar-refractivity contribution >= 4 is 21.8 Å². The molecule has 7 nitrogen and oxygen atoms in total. The van der Waals surface area contributed by atoms with Gasteiger partial charge in [0.2, 0.25) is 0 Å². The molecule has 8 heteroatoms. The van der Waals surface area contributed by atoms with Crippen LogP contribution < -0.4 is 4.72 Å². The van der Waals surface area contributed by atoms with E-state index in [1.807, 2.05) is 6.92 Å². The number of benzene rings is 1. The number of ether oxygens (including phenoxy) is 2. The van der Waals surface area contributed by atoms with E-state index < -0.39 is 10.0 Å². The molecule has 0 aromatic heterocycles. The van der Waals surface area contributed by atoms with E-state index in [4.69, 9.17) is 9.47 Å². The SMILES string of the molecule is CCOCCOC(=O)CCCN=C1NS(=O)(=O)c2ccccc21. The highest BCUT2D eigenvalue weighted by Crippen LogP contribution is 2.22. The van der Waals surface area contributed by atoms with E-state index in [2.05, 4.69) is 9.71 Å². The van der Waals surface area contributed by atoms with Crippen molar-refractivity contribution in [3.63, 3.8) is 0 Å². The zero-order valence-corrected chi connectivity index (χ0v) is 13.8. The first kappa shape index (κ1) is 17.4. The smallest absolute Gasteiger partial charge is 0.305 e. The van der Waals surface area contributed by atoms with Gasteiger partial charge < -0.3 is 9.47 Å². The quantitative estimate of drug-likeness (QED) is 0.565. The Kier molecular flexibility index (Phi) is 6.12. The molecule has 1 heterocycles. The van der Waals surface area contributed by atoms with Gasteiger partial charge in [-0.15, -0.1) is 0 Å². The normalized spacial score (nSPS) is 16.8. The van der Waals surface area contributed by atoms with Gasteiger partial charge in [-0.1, -0.05) is 12.1 Å². The number of nitrogens with one attached hydrogen (secondary N) is 1. The summed E-state index contributed by atoms with van der Waals surface area (Å²) in [6.45, 7) is 3.44. The summed E-state index contributed by atoms with van der Waals surface area (Å²) in [7, 11) is -3.51. The van der Waals surface area contributed by atoms with Gasteiger partial charge in [-0.25, -0.2) is 8.42 Å². The van der Waals surface area contributed by atoms with E-state index in [0.29, 0.717) is 37.6 Å². The predicted molar refractivity (Wildman–Crippen MR) is 84.9 cm³/mol. The minimum absolute atomic E-state index is 0.231. The predicted octanol–water partition coefficient (Wildman–Crippen LogP) is 1.08. The van der Waals surface area contributed by atoms with Crippen LogP contribution in [0.15, 0.2) is 34.2 Å². The molecule has 0 saturated heterocycles. The molecule has 0 amide bonds. The second-order valence-electron chi connectivity index (χ2n) is 4.85. The maximum Gasteiger partial charge on any atom is 0.305 e. The summed E-state index contributed by atoms with van der Waals surface area (Å²) in [5.41, 5.74) is 0.562. The summed E-state index contributed by atoms with van der Waals surface area (Å²) in [5.74, 6) is 0.0163. The van der Waals surface area contributed by atoms with Crippen molar-refractivity contribution in [3.8, 4) is 0 Å². The van der Waals surface area contributed by atoms with Gasteiger partial charge in [0, 0.05) is 25.1 Å². The van der Waals surface area contributed by atoms with Crippen LogP contribution in [0.25, 0.3) is 0 Å². The van der Waals surface area contributed by atoms with Gasteiger partial charge in [0.25, 0.3) is 10.0 Å². The van der Waals surface area contributed by atoms with Crippen molar-refractivity contribution in [2.45, 2.75) is 24.7 Å². The van der Waals surface area contributed by atoms with Crippen LogP contribution in [0.2, 0.25) is 0 Å². The van der Waals surface area contributed by atoms with Gasteiger partial charge in [0.05, 0.1) is 11.5 Å². The molecule has 23 heavy (non-hydrogen) atoms. The molecule has 0 unspecified atom stereocenters. The molecule has 1 aliphatic heterocycles. The maximum atomic E-state index is 11.9. The van der Waals surface area contributed by atoms with E-state index >= 15 is 0 Å². The Morgan fingerprint density at radius 1 is 1.26 bits per heavy atom. The molecule has 0 fully saturated rings. The van der Waals surface area contributed by atoms with Gasteiger partial charge in [-0.05, 0) is 25.5 Å². The first-order valence-electron chi connectivity index (χ1n) is 7.44. The number of hydrogen-bond donors (Lipinski definition) is 1. The molecule has 1 N–H and O–H groups in total. The van der Waals surface area contributed by atoms with Crippen LogP contribution in [0.4, 0.5) is 0 Å². The number of aliphatic imine (C=N–C) groups is 1. The molecule has 0 saturated carbocycles. The van der Waals surface area contributed by atoms with Crippen molar-refractivity contribution in [3.05, 3.63) is 29.8 Å². The molecular weight excluding hydrogens is 320 g/mol. The van der Waals surface area contributed by atoms with E-state index in [-0.39, 0.29) is 23.9 Å². The summed E-state index contributed by atoms with van der Waals surface area (Å²) in [6.07, 6.45) is 0.720. The van der Waals surface area contributed by atoms with Crippen LogP contribution in [0, 0.1) is 0 Å². The summed E-state index contributed by atoms with van der Waals surface area (Å²) in [6, 6.07) is 6.66. The topological polar surface area (TPSA) is 94.1 Å². The molecule has 0 aliphatic carbocycles. The minimum Gasteiger partial charge on any atom is -0.463 e. The highest BCUT2D eigenvalue weighted by atomic mass is 32.2. The Bertz CT molecular complexity index is 685. The van der Waals surface area contributed by atoms with E-state index in [1.165, 1.54) is 6.07 Å². The Morgan fingerprint density at radius 2 is 2.04 bits per heavy atom. The lowest BCUT2D eigenvalue weighted by Gasteiger charge is -2.04. The van der Waals surface area contributed by atoms with Crippen LogP contribution in [0.5, 0.6) is 0 Å². The Hall–Kier alpha value is -1.93. The Morgan fingerprint density at radius 3 is 2.83 bits per heavy atom. The average Bonchev–Trinajstić information content (AvgIpc) is 2.80. The molecule has 126 valence electrons. The van der Waals surface area contributed by atoms with Crippen molar-refractivity contribution in [1.29, 1.82) is 0 Å².